The Morgan fingerprint density at radius 2 is 1.90 bits per heavy atom. The number of alkyl halides is 2. The van der Waals surface area contributed by atoms with Crippen molar-refractivity contribution in [1.29, 1.82) is 0 Å². The van der Waals surface area contributed by atoms with Gasteiger partial charge >= 0.3 is 0 Å². The summed E-state index contributed by atoms with van der Waals surface area (Å²) in [6.07, 6.45) is -1.30. The molecule has 2 aromatic rings. The summed E-state index contributed by atoms with van der Waals surface area (Å²) in [5.41, 5.74) is 1.28. The number of aromatic nitrogens is 1. The van der Waals surface area contributed by atoms with E-state index in [1.807, 2.05) is 20.8 Å². The lowest BCUT2D eigenvalue weighted by Crippen LogP contribution is -2.19. The third-order valence-corrected chi connectivity index (χ3v) is 7.27. The van der Waals surface area contributed by atoms with Crippen LogP contribution >= 0.6 is 11.6 Å². The molecule has 1 aliphatic heterocycles. The molecule has 0 fully saturated rings. The van der Waals surface area contributed by atoms with E-state index < -0.39 is 27.2 Å². The maximum absolute atomic E-state index is 14.0. The number of hydrogen-bond donors (Lipinski definition) is 0. The Bertz CT molecular complexity index is 1150. The molecule has 1 aromatic carbocycles. The first kappa shape index (κ1) is 21.7. The second kappa shape index (κ2) is 7.33. The molecule has 0 saturated heterocycles. The zero-order chi connectivity index (χ0) is 21.7. The van der Waals surface area contributed by atoms with Gasteiger partial charge in [-0.1, -0.05) is 51.1 Å². The molecule has 0 saturated carbocycles. The minimum absolute atomic E-state index is 0.00247. The molecule has 7 heteroatoms. The monoisotopic (exact) mass is 437 g/mol. The molecular weight excluding hydrogens is 416 g/mol. The third kappa shape index (κ3) is 3.76. The molecule has 0 atom stereocenters. The van der Waals surface area contributed by atoms with E-state index in [1.165, 1.54) is 12.1 Å². The second-order valence-corrected chi connectivity index (χ2v) is 10.5. The summed E-state index contributed by atoms with van der Waals surface area (Å²) in [6.45, 7) is 11.2. The van der Waals surface area contributed by atoms with Crippen LogP contribution < -0.4 is 0 Å². The van der Waals surface area contributed by atoms with E-state index in [0.29, 0.717) is 22.4 Å². The lowest BCUT2D eigenvalue weighted by molar-refractivity contribution is 0.151. The van der Waals surface area contributed by atoms with Gasteiger partial charge in [0.15, 0.2) is 9.84 Å². The molecule has 3 rings (SSSR count). The fraction of sp³-hybridized carbons (Fsp3) is 0.318. The number of benzene rings is 1. The molecule has 0 radical (unpaired) electrons. The molecule has 29 heavy (non-hydrogen) atoms. The summed E-state index contributed by atoms with van der Waals surface area (Å²) in [6, 6.07) is 6.20. The van der Waals surface area contributed by atoms with Crippen molar-refractivity contribution in [3.8, 4) is 0 Å². The average molecular weight is 438 g/mol. The van der Waals surface area contributed by atoms with E-state index in [4.69, 9.17) is 11.6 Å². The Hall–Kier alpha value is -2.05. The van der Waals surface area contributed by atoms with Crippen molar-refractivity contribution in [1.82, 2.24) is 4.98 Å². The van der Waals surface area contributed by atoms with Gasteiger partial charge in [-0.05, 0) is 46.7 Å². The summed E-state index contributed by atoms with van der Waals surface area (Å²) in [5.74, 6) is -0.239. The van der Waals surface area contributed by atoms with Crippen molar-refractivity contribution >= 4 is 37.5 Å². The van der Waals surface area contributed by atoms with Crippen molar-refractivity contribution in [2.75, 3.05) is 0 Å². The third-order valence-electron chi connectivity index (χ3n) is 5.11. The number of nitrogens with zero attached hydrogens (tertiary/aromatic N) is 1. The predicted molar refractivity (Wildman–Crippen MR) is 114 cm³/mol. The van der Waals surface area contributed by atoms with Crippen LogP contribution in [0.2, 0.25) is 5.02 Å². The molecule has 0 spiro atoms. The highest BCUT2D eigenvalue weighted by Gasteiger charge is 2.35. The van der Waals surface area contributed by atoms with Crippen LogP contribution in [-0.2, 0) is 15.6 Å². The molecule has 0 N–H and O–H groups in total. The second-order valence-electron chi connectivity index (χ2n) is 8.14. The van der Waals surface area contributed by atoms with Gasteiger partial charge in [0.25, 0.3) is 6.43 Å². The highest BCUT2D eigenvalue weighted by Crippen LogP contribution is 2.47. The number of sulfone groups is 1. The summed E-state index contributed by atoms with van der Waals surface area (Å²) in [5, 5.41) is -0.117. The van der Waals surface area contributed by atoms with Crippen LogP contribution in [0.3, 0.4) is 0 Å². The number of allylic oxidation sites excluding steroid dienone is 2. The molecule has 0 aliphatic carbocycles. The Morgan fingerprint density at radius 3 is 2.48 bits per heavy atom. The van der Waals surface area contributed by atoms with E-state index >= 15 is 0 Å². The zero-order valence-corrected chi connectivity index (χ0v) is 18.3. The molecule has 1 aromatic heterocycles. The highest BCUT2D eigenvalue weighted by atomic mass is 35.5. The SMILES string of the molecule is C=C(c1c(C2=C(C)c3ncccc3CS2(=O)=O)ccc(Cl)c1C(F)F)C(C)(C)C. The first-order chi connectivity index (χ1) is 13.4. The molecule has 0 bridgehead atoms. The Morgan fingerprint density at radius 1 is 1.24 bits per heavy atom. The number of hydrogen-bond acceptors (Lipinski definition) is 3. The minimum atomic E-state index is -3.79. The van der Waals surface area contributed by atoms with E-state index in [9.17, 15) is 17.2 Å². The van der Waals surface area contributed by atoms with Crippen molar-refractivity contribution in [3.63, 3.8) is 0 Å². The van der Waals surface area contributed by atoms with Gasteiger partial charge in [0.1, 0.15) is 0 Å². The van der Waals surface area contributed by atoms with E-state index in [0.717, 1.165) is 0 Å². The standard InChI is InChI=1S/C22H22ClF2NO2S/c1-12-19-14(7-6-10-26-19)11-29(27,28)20(12)15-8-9-16(23)18(21(24)25)17(15)13(2)22(3,4)5/h6-10,21H,2,11H2,1,3-5H3. The van der Waals surface area contributed by atoms with Gasteiger partial charge in [-0.25, -0.2) is 17.2 Å². The minimum Gasteiger partial charge on any atom is -0.256 e. The smallest absolute Gasteiger partial charge is 0.256 e. The van der Waals surface area contributed by atoms with Gasteiger partial charge in [-0.15, -0.1) is 0 Å². The van der Waals surface area contributed by atoms with Crippen LogP contribution in [-0.4, -0.2) is 13.4 Å². The summed E-state index contributed by atoms with van der Waals surface area (Å²) >= 11 is 6.12. The van der Waals surface area contributed by atoms with Crippen LogP contribution in [0.1, 0.15) is 62.1 Å². The van der Waals surface area contributed by atoms with Crippen LogP contribution in [0.5, 0.6) is 0 Å². The fourth-order valence-electron chi connectivity index (χ4n) is 3.58. The highest BCUT2D eigenvalue weighted by molar-refractivity contribution is 8.00. The van der Waals surface area contributed by atoms with Crippen molar-refractivity contribution in [2.45, 2.75) is 39.9 Å². The molecular formula is C22H22ClF2NO2S. The molecule has 2 heterocycles. The summed E-state index contributed by atoms with van der Waals surface area (Å²) in [7, 11) is -3.79. The van der Waals surface area contributed by atoms with Gasteiger partial charge < -0.3 is 0 Å². The number of fused-ring (bicyclic) bond motifs is 1. The maximum atomic E-state index is 14.0. The van der Waals surface area contributed by atoms with Crippen LogP contribution in [0, 0.1) is 5.41 Å². The summed E-state index contributed by atoms with van der Waals surface area (Å²) in [4.78, 5) is 4.32. The Balaban J connectivity index is 2.46. The summed E-state index contributed by atoms with van der Waals surface area (Å²) < 4.78 is 54.4. The first-order valence-corrected chi connectivity index (χ1v) is 11.1. The zero-order valence-electron chi connectivity index (χ0n) is 16.7. The topological polar surface area (TPSA) is 47.0 Å². The Labute approximate surface area is 175 Å². The van der Waals surface area contributed by atoms with Gasteiger partial charge in [0, 0.05) is 17.3 Å². The van der Waals surface area contributed by atoms with Crippen LogP contribution in [0.15, 0.2) is 37.0 Å². The normalized spacial score (nSPS) is 16.1. The van der Waals surface area contributed by atoms with Crippen LogP contribution in [0.4, 0.5) is 8.78 Å². The van der Waals surface area contributed by atoms with Gasteiger partial charge in [-0.3, -0.25) is 4.98 Å². The number of rotatable bonds is 3. The molecule has 0 unspecified atom stereocenters. The lowest BCUT2D eigenvalue weighted by Gasteiger charge is -2.29. The molecule has 3 nitrogen and oxygen atoms in total. The quantitative estimate of drug-likeness (QED) is 0.547. The molecule has 1 aliphatic rings. The van der Waals surface area contributed by atoms with E-state index in [1.54, 1.807) is 25.3 Å². The van der Waals surface area contributed by atoms with Crippen molar-refractivity contribution in [3.05, 3.63) is 70.0 Å². The van der Waals surface area contributed by atoms with Crippen molar-refractivity contribution in [2.24, 2.45) is 5.41 Å². The van der Waals surface area contributed by atoms with Gasteiger partial charge in [0.05, 0.1) is 21.4 Å². The average Bonchev–Trinajstić information content (AvgIpc) is 2.60. The number of pyridine rings is 1. The Kier molecular flexibility index (Phi) is 5.47. The van der Waals surface area contributed by atoms with Crippen LogP contribution in [0.25, 0.3) is 16.1 Å². The van der Waals surface area contributed by atoms with E-state index in [2.05, 4.69) is 11.6 Å². The van der Waals surface area contributed by atoms with Crippen molar-refractivity contribution < 1.29 is 17.2 Å². The van der Waals surface area contributed by atoms with Gasteiger partial charge in [-0.2, -0.15) is 0 Å². The molecule has 154 valence electrons. The maximum Gasteiger partial charge on any atom is 0.265 e. The molecule has 0 amide bonds. The number of halogens is 3. The van der Waals surface area contributed by atoms with E-state index in [-0.39, 0.29) is 26.8 Å². The predicted octanol–water partition coefficient (Wildman–Crippen LogP) is 6.55. The lowest BCUT2D eigenvalue weighted by atomic mass is 9.79. The largest absolute Gasteiger partial charge is 0.265 e. The fourth-order valence-corrected chi connectivity index (χ4v) is 5.67. The van der Waals surface area contributed by atoms with Gasteiger partial charge in [0.2, 0.25) is 0 Å². The first-order valence-electron chi connectivity index (χ1n) is 9.05.